The summed E-state index contributed by atoms with van der Waals surface area (Å²) in [6.45, 7) is 1.71. The second-order valence-electron chi connectivity index (χ2n) is 4.30. The summed E-state index contributed by atoms with van der Waals surface area (Å²) in [5, 5.41) is 3.53. The molecule has 2 fully saturated rings. The van der Waals surface area contributed by atoms with Crippen molar-refractivity contribution in [1.29, 1.82) is 0 Å². The Labute approximate surface area is 94.3 Å². The normalized spacial score (nSPS) is 35.7. The van der Waals surface area contributed by atoms with E-state index in [0.717, 1.165) is 6.54 Å². The molecule has 0 aromatic heterocycles. The minimum absolute atomic E-state index is 0.0486. The molecule has 0 aromatic rings. The zero-order chi connectivity index (χ0) is 10.7. The largest absolute Gasteiger partial charge is 0.379 e. The lowest BCUT2D eigenvalue weighted by Gasteiger charge is -2.21. The van der Waals surface area contributed by atoms with Gasteiger partial charge in [0.15, 0.2) is 0 Å². The van der Waals surface area contributed by atoms with Crippen molar-refractivity contribution < 1.29 is 9.53 Å². The van der Waals surface area contributed by atoms with Crippen LogP contribution in [0.5, 0.6) is 0 Å². The second-order valence-corrected chi connectivity index (χ2v) is 5.71. The van der Waals surface area contributed by atoms with Crippen LogP contribution in [-0.4, -0.2) is 42.2 Å². The predicted octanol–water partition coefficient (Wildman–Crippen LogP) is 0.116. The van der Waals surface area contributed by atoms with Crippen molar-refractivity contribution in [3.63, 3.8) is 0 Å². The maximum atomic E-state index is 11.8. The average molecular weight is 230 g/mol. The Kier molecular flexibility index (Phi) is 3.53. The zero-order valence-electron chi connectivity index (χ0n) is 8.83. The summed E-state index contributed by atoms with van der Waals surface area (Å²) in [6, 6.07) is 0. The van der Waals surface area contributed by atoms with E-state index >= 15 is 0 Å². The molecule has 3 N–H and O–H groups in total. The van der Waals surface area contributed by atoms with E-state index in [4.69, 9.17) is 10.5 Å². The Hall–Kier alpha value is -0.260. The van der Waals surface area contributed by atoms with Crippen LogP contribution in [0.15, 0.2) is 0 Å². The molecule has 5 heteroatoms. The number of carbonyl (C=O) groups excluding carboxylic acids is 1. The number of carbonyl (C=O) groups is 1. The van der Waals surface area contributed by atoms with Gasteiger partial charge >= 0.3 is 0 Å². The van der Waals surface area contributed by atoms with Crippen LogP contribution in [0.2, 0.25) is 0 Å². The highest BCUT2D eigenvalue weighted by Crippen LogP contribution is 2.25. The van der Waals surface area contributed by atoms with E-state index in [-0.39, 0.29) is 5.91 Å². The lowest BCUT2D eigenvalue weighted by molar-refractivity contribution is -0.126. The molecule has 2 heterocycles. The average Bonchev–Trinajstić information content (AvgIpc) is 2.85. The fraction of sp³-hybridized carbons (Fsp3) is 0.900. The van der Waals surface area contributed by atoms with Crippen molar-refractivity contribution in [3.8, 4) is 0 Å². The monoisotopic (exact) mass is 230 g/mol. The summed E-state index contributed by atoms with van der Waals surface area (Å²) in [5.41, 5.74) is 5.17. The molecular formula is C10H18N2O2S. The van der Waals surface area contributed by atoms with Gasteiger partial charge in [-0.25, -0.2) is 0 Å². The quantitative estimate of drug-likeness (QED) is 0.722. The van der Waals surface area contributed by atoms with Crippen LogP contribution in [0.4, 0.5) is 0 Å². The maximum Gasteiger partial charge on any atom is 0.242 e. The molecule has 0 bridgehead atoms. The van der Waals surface area contributed by atoms with Crippen LogP contribution < -0.4 is 11.1 Å². The van der Waals surface area contributed by atoms with Gasteiger partial charge in [0.1, 0.15) is 5.54 Å². The number of hydrogen-bond donors (Lipinski definition) is 2. The fourth-order valence-corrected chi connectivity index (χ4v) is 3.15. The van der Waals surface area contributed by atoms with Gasteiger partial charge in [-0.15, -0.1) is 0 Å². The van der Waals surface area contributed by atoms with Gasteiger partial charge in [-0.05, 0) is 25.0 Å². The first-order valence-electron chi connectivity index (χ1n) is 5.47. The lowest BCUT2D eigenvalue weighted by Crippen LogP contribution is -2.55. The summed E-state index contributed by atoms with van der Waals surface area (Å²) < 4.78 is 5.16. The van der Waals surface area contributed by atoms with E-state index < -0.39 is 5.54 Å². The molecule has 2 rings (SSSR count). The molecule has 1 amide bonds. The molecule has 0 spiro atoms. The molecule has 0 aliphatic carbocycles. The smallest absolute Gasteiger partial charge is 0.242 e. The highest BCUT2D eigenvalue weighted by Gasteiger charge is 2.38. The van der Waals surface area contributed by atoms with Crippen LogP contribution in [0.3, 0.4) is 0 Å². The molecule has 0 radical (unpaired) electrons. The predicted molar refractivity (Wildman–Crippen MR) is 60.8 cm³/mol. The number of thioether (sulfide) groups is 1. The molecular weight excluding hydrogens is 212 g/mol. The molecule has 2 aliphatic heterocycles. The van der Waals surface area contributed by atoms with Gasteiger partial charge in [0.2, 0.25) is 5.91 Å². The molecule has 2 aliphatic rings. The Morgan fingerprint density at radius 2 is 2.53 bits per heavy atom. The SMILES string of the molecule is NC1(C(=O)NCC2CCCS2)CCOC1. The summed E-state index contributed by atoms with van der Waals surface area (Å²) in [5.74, 6) is 1.17. The zero-order valence-corrected chi connectivity index (χ0v) is 9.65. The molecule has 0 aromatic carbocycles. The minimum atomic E-state index is -0.775. The number of amides is 1. The lowest BCUT2D eigenvalue weighted by atomic mass is 9.99. The van der Waals surface area contributed by atoms with Crippen LogP contribution >= 0.6 is 11.8 Å². The second kappa shape index (κ2) is 4.72. The van der Waals surface area contributed by atoms with Crippen LogP contribution in [0.1, 0.15) is 19.3 Å². The summed E-state index contributed by atoms with van der Waals surface area (Å²) in [4.78, 5) is 11.8. The number of nitrogens with one attached hydrogen (secondary N) is 1. The highest BCUT2D eigenvalue weighted by atomic mass is 32.2. The van der Waals surface area contributed by atoms with Gasteiger partial charge in [0.25, 0.3) is 0 Å². The van der Waals surface area contributed by atoms with Gasteiger partial charge in [-0.3, -0.25) is 4.79 Å². The first-order chi connectivity index (χ1) is 7.21. The minimum Gasteiger partial charge on any atom is -0.379 e. The van der Waals surface area contributed by atoms with E-state index in [1.807, 2.05) is 11.8 Å². The van der Waals surface area contributed by atoms with Crippen molar-refractivity contribution in [2.75, 3.05) is 25.5 Å². The third kappa shape index (κ3) is 2.65. The van der Waals surface area contributed by atoms with E-state index in [1.165, 1.54) is 18.6 Å². The first-order valence-corrected chi connectivity index (χ1v) is 6.52. The molecule has 4 nitrogen and oxygen atoms in total. The van der Waals surface area contributed by atoms with Gasteiger partial charge in [0, 0.05) is 18.4 Å². The molecule has 2 saturated heterocycles. The molecule has 15 heavy (non-hydrogen) atoms. The third-order valence-corrected chi connectivity index (χ3v) is 4.42. The van der Waals surface area contributed by atoms with Crippen molar-refractivity contribution >= 4 is 17.7 Å². The Morgan fingerprint density at radius 3 is 3.13 bits per heavy atom. The first kappa shape index (κ1) is 11.2. The van der Waals surface area contributed by atoms with Gasteiger partial charge < -0.3 is 15.8 Å². The van der Waals surface area contributed by atoms with Crippen molar-refractivity contribution in [2.24, 2.45) is 5.73 Å². The molecule has 0 saturated carbocycles. The van der Waals surface area contributed by atoms with Crippen molar-refractivity contribution in [2.45, 2.75) is 30.1 Å². The number of hydrogen-bond acceptors (Lipinski definition) is 4. The van der Waals surface area contributed by atoms with E-state index in [9.17, 15) is 4.79 Å². The van der Waals surface area contributed by atoms with Gasteiger partial charge in [-0.1, -0.05) is 0 Å². The topological polar surface area (TPSA) is 64.4 Å². The summed E-state index contributed by atoms with van der Waals surface area (Å²) >= 11 is 1.94. The van der Waals surface area contributed by atoms with Gasteiger partial charge in [0.05, 0.1) is 6.61 Å². The standard InChI is InChI=1S/C10H18N2O2S/c11-10(3-4-14-7-10)9(13)12-6-8-2-1-5-15-8/h8H,1-7,11H2,(H,12,13). The molecule has 2 unspecified atom stereocenters. The summed E-state index contributed by atoms with van der Waals surface area (Å²) in [7, 11) is 0. The van der Waals surface area contributed by atoms with Crippen molar-refractivity contribution in [1.82, 2.24) is 5.32 Å². The van der Waals surface area contributed by atoms with E-state index in [1.54, 1.807) is 0 Å². The molecule has 2 atom stereocenters. The van der Waals surface area contributed by atoms with Crippen LogP contribution in [0.25, 0.3) is 0 Å². The number of nitrogens with two attached hydrogens (primary N) is 1. The third-order valence-electron chi connectivity index (χ3n) is 3.02. The van der Waals surface area contributed by atoms with Gasteiger partial charge in [-0.2, -0.15) is 11.8 Å². The van der Waals surface area contributed by atoms with E-state index in [0.29, 0.717) is 24.9 Å². The van der Waals surface area contributed by atoms with Crippen LogP contribution in [-0.2, 0) is 9.53 Å². The van der Waals surface area contributed by atoms with E-state index in [2.05, 4.69) is 5.32 Å². The number of rotatable bonds is 3. The highest BCUT2D eigenvalue weighted by molar-refractivity contribution is 8.00. The Bertz CT molecular complexity index is 236. The van der Waals surface area contributed by atoms with Crippen LogP contribution in [0, 0.1) is 0 Å². The maximum absolute atomic E-state index is 11.8. The van der Waals surface area contributed by atoms with Crippen molar-refractivity contribution in [3.05, 3.63) is 0 Å². The Balaban J connectivity index is 1.76. The fourth-order valence-electron chi connectivity index (χ4n) is 1.95. The summed E-state index contributed by atoms with van der Waals surface area (Å²) in [6.07, 6.45) is 3.11. The Morgan fingerprint density at radius 1 is 1.67 bits per heavy atom. The number of ether oxygens (including phenoxy) is 1. The molecule has 86 valence electrons.